The molecular weight excluding hydrogens is 252 g/mol. The average Bonchev–Trinajstić information content (AvgIpc) is 2.48. The van der Waals surface area contributed by atoms with E-state index in [9.17, 15) is 4.79 Å². The molecular formula is C15H14N4O. The molecule has 2 rings (SSSR count). The van der Waals surface area contributed by atoms with Crippen LogP contribution in [0, 0.1) is 11.3 Å². The van der Waals surface area contributed by atoms with Gasteiger partial charge >= 0.3 is 0 Å². The number of hydrogen-bond donors (Lipinski definition) is 1. The smallest absolute Gasteiger partial charge is 0.257 e. The predicted octanol–water partition coefficient (Wildman–Crippen LogP) is 2.27. The lowest BCUT2D eigenvalue weighted by atomic mass is 10.2. The molecule has 0 saturated carbocycles. The van der Waals surface area contributed by atoms with Crippen LogP contribution in [0.5, 0.6) is 0 Å². The maximum atomic E-state index is 12.0. The molecule has 2 aromatic rings. The summed E-state index contributed by atoms with van der Waals surface area (Å²) in [7, 11) is 3.91. The van der Waals surface area contributed by atoms with Crippen molar-refractivity contribution in [2.24, 2.45) is 0 Å². The summed E-state index contributed by atoms with van der Waals surface area (Å²) in [6, 6.07) is 12.5. The minimum atomic E-state index is -0.250. The van der Waals surface area contributed by atoms with Crippen LogP contribution in [0.2, 0.25) is 0 Å². The van der Waals surface area contributed by atoms with Crippen molar-refractivity contribution in [1.29, 1.82) is 5.26 Å². The van der Waals surface area contributed by atoms with Gasteiger partial charge in [-0.15, -0.1) is 0 Å². The van der Waals surface area contributed by atoms with Crippen LogP contribution in [-0.2, 0) is 0 Å². The SMILES string of the molecule is CN(C)c1ccc(NC(=O)c2ccc(C#N)nc2)cc1. The van der Waals surface area contributed by atoms with Crippen molar-refractivity contribution in [3.05, 3.63) is 53.9 Å². The maximum absolute atomic E-state index is 12.0. The Labute approximate surface area is 117 Å². The van der Waals surface area contributed by atoms with Crippen LogP contribution in [0.4, 0.5) is 11.4 Å². The van der Waals surface area contributed by atoms with Crippen molar-refractivity contribution in [2.75, 3.05) is 24.3 Å². The second-order valence-corrected chi connectivity index (χ2v) is 4.44. The van der Waals surface area contributed by atoms with Gasteiger partial charge in [0, 0.05) is 31.7 Å². The highest BCUT2D eigenvalue weighted by molar-refractivity contribution is 6.04. The molecule has 0 atom stereocenters. The summed E-state index contributed by atoms with van der Waals surface area (Å²) >= 11 is 0. The highest BCUT2D eigenvalue weighted by Gasteiger charge is 2.07. The van der Waals surface area contributed by atoms with E-state index >= 15 is 0 Å². The first kappa shape index (κ1) is 13.6. The Balaban J connectivity index is 2.09. The number of aromatic nitrogens is 1. The Morgan fingerprint density at radius 2 is 1.90 bits per heavy atom. The van der Waals surface area contributed by atoms with Gasteiger partial charge in [0.05, 0.1) is 5.56 Å². The number of amides is 1. The fraction of sp³-hybridized carbons (Fsp3) is 0.133. The number of nitriles is 1. The molecule has 0 spiro atoms. The summed E-state index contributed by atoms with van der Waals surface area (Å²) < 4.78 is 0. The number of rotatable bonds is 3. The third-order valence-corrected chi connectivity index (χ3v) is 2.78. The Morgan fingerprint density at radius 1 is 1.20 bits per heavy atom. The van der Waals surface area contributed by atoms with Gasteiger partial charge in [0.1, 0.15) is 11.8 Å². The van der Waals surface area contributed by atoms with Crippen LogP contribution in [-0.4, -0.2) is 25.0 Å². The van der Waals surface area contributed by atoms with Gasteiger partial charge < -0.3 is 10.2 Å². The molecule has 1 heterocycles. The molecule has 20 heavy (non-hydrogen) atoms. The lowest BCUT2D eigenvalue weighted by Gasteiger charge is -2.13. The first-order chi connectivity index (χ1) is 9.60. The van der Waals surface area contributed by atoms with Crippen molar-refractivity contribution in [3.8, 4) is 6.07 Å². The van der Waals surface area contributed by atoms with Gasteiger partial charge in [-0.25, -0.2) is 4.98 Å². The van der Waals surface area contributed by atoms with E-state index in [1.165, 1.54) is 12.3 Å². The number of carbonyl (C=O) groups is 1. The van der Waals surface area contributed by atoms with E-state index in [0.717, 1.165) is 5.69 Å². The topological polar surface area (TPSA) is 69.0 Å². The summed E-state index contributed by atoms with van der Waals surface area (Å²) in [4.78, 5) is 17.8. The lowest BCUT2D eigenvalue weighted by molar-refractivity contribution is 0.102. The van der Waals surface area contributed by atoms with Crippen LogP contribution in [0.25, 0.3) is 0 Å². The summed E-state index contributed by atoms with van der Waals surface area (Å²) in [5.41, 5.74) is 2.48. The number of pyridine rings is 1. The second kappa shape index (κ2) is 5.85. The number of nitrogens with one attached hydrogen (secondary N) is 1. The molecule has 1 aromatic carbocycles. The van der Waals surface area contributed by atoms with E-state index in [0.29, 0.717) is 11.3 Å². The fourth-order valence-corrected chi connectivity index (χ4v) is 1.64. The van der Waals surface area contributed by atoms with Crippen molar-refractivity contribution in [2.45, 2.75) is 0 Å². The summed E-state index contributed by atoms with van der Waals surface area (Å²) in [5, 5.41) is 11.4. The zero-order valence-corrected chi connectivity index (χ0v) is 11.3. The molecule has 0 unspecified atom stereocenters. The zero-order chi connectivity index (χ0) is 14.5. The minimum Gasteiger partial charge on any atom is -0.378 e. The Kier molecular flexibility index (Phi) is 3.96. The van der Waals surface area contributed by atoms with Crippen molar-refractivity contribution < 1.29 is 4.79 Å². The second-order valence-electron chi connectivity index (χ2n) is 4.44. The van der Waals surface area contributed by atoms with Gasteiger partial charge in [0.2, 0.25) is 0 Å². The van der Waals surface area contributed by atoms with Gasteiger partial charge in [-0.05, 0) is 36.4 Å². The normalized spacial score (nSPS) is 9.65. The van der Waals surface area contributed by atoms with Crippen molar-refractivity contribution >= 4 is 17.3 Å². The Morgan fingerprint density at radius 3 is 2.40 bits per heavy atom. The molecule has 5 heteroatoms. The number of benzene rings is 1. The molecule has 0 radical (unpaired) electrons. The van der Waals surface area contributed by atoms with Crippen LogP contribution in [0.15, 0.2) is 42.6 Å². The van der Waals surface area contributed by atoms with Gasteiger partial charge in [0.25, 0.3) is 5.91 Å². The van der Waals surface area contributed by atoms with Crippen LogP contribution < -0.4 is 10.2 Å². The van der Waals surface area contributed by atoms with E-state index in [1.807, 2.05) is 49.3 Å². The first-order valence-electron chi connectivity index (χ1n) is 6.05. The Hall–Kier alpha value is -2.87. The van der Waals surface area contributed by atoms with E-state index in [-0.39, 0.29) is 11.6 Å². The van der Waals surface area contributed by atoms with E-state index < -0.39 is 0 Å². The summed E-state index contributed by atoms with van der Waals surface area (Å²) in [6.07, 6.45) is 1.39. The molecule has 1 aromatic heterocycles. The van der Waals surface area contributed by atoms with Gasteiger partial charge in [-0.3, -0.25) is 4.79 Å². The standard InChI is InChI=1S/C15H14N4O/c1-19(2)14-7-5-12(6-8-14)18-15(20)11-3-4-13(9-16)17-10-11/h3-8,10H,1-2H3,(H,18,20). The third kappa shape index (κ3) is 3.12. The molecule has 1 amide bonds. The highest BCUT2D eigenvalue weighted by atomic mass is 16.1. The Bertz CT molecular complexity index is 639. The van der Waals surface area contributed by atoms with Gasteiger partial charge in [-0.1, -0.05) is 0 Å². The zero-order valence-electron chi connectivity index (χ0n) is 11.3. The van der Waals surface area contributed by atoms with Crippen LogP contribution in [0.1, 0.15) is 16.1 Å². The molecule has 0 fully saturated rings. The highest BCUT2D eigenvalue weighted by Crippen LogP contribution is 2.16. The van der Waals surface area contributed by atoms with Crippen molar-refractivity contribution in [3.63, 3.8) is 0 Å². The quantitative estimate of drug-likeness (QED) is 0.925. The number of anilines is 2. The molecule has 0 saturated heterocycles. The maximum Gasteiger partial charge on any atom is 0.257 e. The average molecular weight is 266 g/mol. The molecule has 0 aliphatic carbocycles. The number of hydrogen-bond acceptors (Lipinski definition) is 4. The molecule has 100 valence electrons. The van der Waals surface area contributed by atoms with E-state index in [1.54, 1.807) is 6.07 Å². The molecule has 0 aliphatic rings. The largest absolute Gasteiger partial charge is 0.378 e. The van der Waals surface area contributed by atoms with E-state index in [2.05, 4.69) is 10.3 Å². The van der Waals surface area contributed by atoms with Crippen LogP contribution >= 0.6 is 0 Å². The number of nitrogens with zero attached hydrogens (tertiary/aromatic N) is 3. The predicted molar refractivity (Wildman–Crippen MR) is 77.7 cm³/mol. The molecule has 5 nitrogen and oxygen atoms in total. The molecule has 0 bridgehead atoms. The van der Waals surface area contributed by atoms with E-state index in [4.69, 9.17) is 5.26 Å². The van der Waals surface area contributed by atoms with Gasteiger partial charge in [0.15, 0.2) is 0 Å². The van der Waals surface area contributed by atoms with Crippen molar-refractivity contribution in [1.82, 2.24) is 4.98 Å². The third-order valence-electron chi connectivity index (χ3n) is 2.78. The number of carbonyl (C=O) groups excluding carboxylic acids is 1. The monoisotopic (exact) mass is 266 g/mol. The first-order valence-corrected chi connectivity index (χ1v) is 6.05. The van der Waals surface area contributed by atoms with Crippen LogP contribution in [0.3, 0.4) is 0 Å². The summed E-state index contributed by atoms with van der Waals surface area (Å²) in [5.74, 6) is -0.250. The van der Waals surface area contributed by atoms with Gasteiger partial charge in [-0.2, -0.15) is 5.26 Å². The molecule has 1 N–H and O–H groups in total. The minimum absolute atomic E-state index is 0.250. The lowest BCUT2D eigenvalue weighted by Crippen LogP contribution is -2.13. The fourth-order valence-electron chi connectivity index (χ4n) is 1.64. The molecule has 0 aliphatic heterocycles. The summed E-state index contributed by atoms with van der Waals surface area (Å²) in [6.45, 7) is 0.